The third-order valence-corrected chi connectivity index (χ3v) is 2.69. The number of anilines is 1. The lowest BCUT2D eigenvalue weighted by atomic mass is 10.4. The number of ether oxygens (including phenoxy) is 2. The van der Waals surface area contributed by atoms with Gasteiger partial charge in [-0.25, -0.2) is 9.97 Å². The number of hydrogen-bond donors (Lipinski definition) is 1. The van der Waals surface area contributed by atoms with E-state index in [1.54, 1.807) is 0 Å². The van der Waals surface area contributed by atoms with Gasteiger partial charge in [-0.15, -0.1) is 0 Å². The minimum absolute atomic E-state index is 0.0457. The molecule has 0 bridgehead atoms. The molecule has 5 nitrogen and oxygen atoms in total. The second-order valence-electron chi connectivity index (χ2n) is 3.46. The molecule has 1 N–H and O–H groups in total. The van der Waals surface area contributed by atoms with Gasteiger partial charge in [0.2, 0.25) is 5.88 Å². The van der Waals surface area contributed by atoms with E-state index in [4.69, 9.17) is 9.47 Å². The molecule has 0 saturated heterocycles. The van der Waals surface area contributed by atoms with Gasteiger partial charge >= 0.3 is 0 Å². The average molecular weight is 304 g/mol. The Balaban J connectivity index is 2.67. The lowest BCUT2D eigenvalue weighted by Gasteiger charge is -2.15. The summed E-state index contributed by atoms with van der Waals surface area (Å²) < 4.78 is 11.7. The second-order valence-corrected chi connectivity index (χ2v) is 4.25. The van der Waals surface area contributed by atoms with Crippen molar-refractivity contribution in [3.05, 3.63) is 10.8 Å². The Morgan fingerprint density at radius 1 is 1.41 bits per heavy atom. The summed E-state index contributed by atoms with van der Waals surface area (Å²) in [7, 11) is 0. The zero-order valence-electron chi connectivity index (χ0n) is 10.4. The molecular formula is C11H18BrN3O2. The van der Waals surface area contributed by atoms with Crippen LogP contribution in [0.1, 0.15) is 20.8 Å². The molecule has 6 heteroatoms. The van der Waals surface area contributed by atoms with Crippen molar-refractivity contribution in [2.75, 3.05) is 25.1 Å². The largest absolute Gasteiger partial charge is 0.471 e. The number of hydrogen-bond acceptors (Lipinski definition) is 5. The van der Waals surface area contributed by atoms with E-state index in [0.717, 1.165) is 16.8 Å². The first-order valence-electron chi connectivity index (χ1n) is 5.67. The van der Waals surface area contributed by atoms with Crippen molar-refractivity contribution in [2.24, 2.45) is 0 Å². The Hall–Kier alpha value is -0.880. The maximum absolute atomic E-state index is 5.67. The highest BCUT2D eigenvalue weighted by atomic mass is 79.9. The van der Waals surface area contributed by atoms with Crippen molar-refractivity contribution < 1.29 is 9.47 Å². The van der Waals surface area contributed by atoms with Crippen LogP contribution in [0.15, 0.2) is 10.8 Å². The summed E-state index contributed by atoms with van der Waals surface area (Å²) in [6, 6.07) is 0. The molecule has 0 amide bonds. The van der Waals surface area contributed by atoms with Crippen LogP contribution in [0.2, 0.25) is 0 Å². The van der Waals surface area contributed by atoms with Crippen molar-refractivity contribution in [3.63, 3.8) is 0 Å². The van der Waals surface area contributed by atoms with Gasteiger partial charge in [0.1, 0.15) is 22.7 Å². The fourth-order valence-corrected chi connectivity index (χ4v) is 1.67. The van der Waals surface area contributed by atoms with Crippen molar-refractivity contribution in [3.8, 4) is 5.88 Å². The van der Waals surface area contributed by atoms with Crippen LogP contribution < -0.4 is 10.1 Å². The predicted molar refractivity (Wildman–Crippen MR) is 70.5 cm³/mol. The maximum atomic E-state index is 5.67. The number of rotatable bonds is 7. The highest BCUT2D eigenvalue weighted by Gasteiger charge is 2.12. The molecule has 0 aliphatic carbocycles. The van der Waals surface area contributed by atoms with Gasteiger partial charge in [-0.3, -0.25) is 0 Å². The Morgan fingerprint density at radius 2 is 2.18 bits per heavy atom. The van der Waals surface area contributed by atoms with Gasteiger partial charge < -0.3 is 14.8 Å². The number of halogens is 1. The summed E-state index contributed by atoms with van der Waals surface area (Å²) in [5, 5.41) is 3.12. The molecule has 1 atom stereocenters. The second kappa shape index (κ2) is 7.45. The molecule has 0 spiro atoms. The molecule has 1 unspecified atom stereocenters. The third-order valence-electron chi connectivity index (χ3n) is 1.97. The molecular weight excluding hydrogens is 286 g/mol. The highest BCUT2D eigenvalue weighted by molar-refractivity contribution is 9.10. The van der Waals surface area contributed by atoms with Gasteiger partial charge in [0.15, 0.2) is 0 Å². The molecule has 96 valence electrons. The normalized spacial score (nSPS) is 12.2. The van der Waals surface area contributed by atoms with E-state index in [0.29, 0.717) is 19.1 Å². The van der Waals surface area contributed by atoms with E-state index in [-0.39, 0.29) is 6.10 Å². The molecule has 0 fully saturated rings. The van der Waals surface area contributed by atoms with Crippen molar-refractivity contribution in [1.82, 2.24) is 9.97 Å². The van der Waals surface area contributed by atoms with E-state index in [9.17, 15) is 0 Å². The van der Waals surface area contributed by atoms with Crippen molar-refractivity contribution in [2.45, 2.75) is 26.9 Å². The van der Waals surface area contributed by atoms with Crippen LogP contribution in [0.4, 0.5) is 5.82 Å². The summed E-state index contributed by atoms with van der Waals surface area (Å²) in [6.45, 7) is 7.93. The van der Waals surface area contributed by atoms with Gasteiger partial charge in [-0.2, -0.15) is 0 Å². The van der Waals surface area contributed by atoms with Gasteiger partial charge in [-0.05, 0) is 36.7 Å². The fraction of sp³-hybridized carbons (Fsp3) is 0.636. The van der Waals surface area contributed by atoms with Crippen LogP contribution in [0.5, 0.6) is 5.88 Å². The molecule has 0 aliphatic heterocycles. The topological polar surface area (TPSA) is 56.3 Å². The van der Waals surface area contributed by atoms with E-state index < -0.39 is 0 Å². The summed E-state index contributed by atoms with van der Waals surface area (Å²) in [6.07, 6.45) is 1.43. The van der Waals surface area contributed by atoms with Gasteiger partial charge in [0, 0.05) is 13.2 Å². The standard InChI is InChI=1S/C11H18BrN3O2/c1-4-13-10-9(12)11(15-7-14-10)17-8(3)6-16-5-2/h7-8H,4-6H2,1-3H3,(H,13,14,15). The first-order valence-corrected chi connectivity index (χ1v) is 6.47. The Labute approximate surface area is 110 Å². The first-order chi connectivity index (χ1) is 8.19. The molecule has 1 aromatic heterocycles. The van der Waals surface area contributed by atoms with E-state index in [2.05, 4.69) is 31.2 Å². The van der Waals surface area contributed by atoms with Crippen molar-refractivity contribution >= 4 is 21.7 Å². The maximum Gasteiger partial charge on any atom is 0.233 e. The average Bonchev–Trinajstić information content (AvgIpc) is 2.32. The summed E-state index contributed by atoms with van der Waals surface area (Å²) in [5.41, 5.74) is 0. The molecule has 0 saturated carbocycles. The smallest absolute Gasteiger partial charge is 0.233 e. The molecule has 0 radical (unpaired) electrons. The Kier molecular flexibility index (Phi) is 6.21. The molecule has 0 aromatic carbocycles. The Bertz CT molecular complexity index is 349. The summed E-state index contributed by atoms with van der Waals surface area (Å²) >= 11 is 3.43. The predicted octanol–water partition coefficient (Wildman–Crippen LogP) is 2.47. The van der Waals surface area contributed by atoms with Crippen LogP contribution in [0.25, 0.3) is 0 Å². The van der Waals surface area contributed by atoms with Gasteiger partial charge in [0.05, 0.1) is 6.61 Å². The molecule has 1 rings (SSSR count). The summed E-state index contributed by atoms with van der Waals surface area (Å²) in [4.78, 5) is 8.21. The van der Waals surface area contributed by atoms with Gasteiger partial charge in [0.25, 0.3) is 0 Å². The number of aromatic nitrogens is 2. The van der Waals surface area contributed by atoms with Crippen LogP contribution >= 0.6 is 15.9 Å². The lowest BCUT2D eigenvalue weighted by molar-refractivity contribution is 0.0629. The first kappa shape index (κ1) is 14.2. The zero-order chi connectivity index (χ0) is 12.7. The number of nitrogens with one attached hydrogen (secondary N) is 1. The quantitative estimate of drug-likeness (QED) is 0.838. The SMILES string of the molecule is CCNc1ncnc(OC(C)COCC)c1Br. The molecule has 17 heavy (non-hydrogen) atoms. The van der Waals surface area contributed by atoms with Gasteiger partial charge in [-0.1, -0.05) is 0 Å². The van der Waals surface area contributed by atoms with E-state index in [1.807, 2.05) is 20.8 Å². The van der Waals surface area contributed by atoms with E-state index in [1.165, 1.54) is 6.33 Å². The monoisotopic (exact) mass is 303 g/mol. The molecule has 1 heterocycles. The minimum Gasteiger partial charge on any atom is -0.471 e. The number of nitrogens with zero attached hydrogens (tertiary/aromatic N) is 2. The van der Waals surface area contributed by atoms with Crippen molar-refractivity contribution in [1.29, 1.82) is 0 Å². The van der Waals surface area contributed by atoms with Crippen LogP contribution in [-0.4, -0.2) is 35.8 Å². The highest BCUT2D eigenvalue weighted by Crippen LogP contribution is 2.28. The molecule has 1 aromatic rings. The minimum atomic E-state index is -0.0457. The van der Waals surface area contributed by atoms with Crippen LogP contribution in [0.3, 0.4) is 0 Å². The zero-order valence-corrected chi connectivity index (χ0v) is 12.0. The van der Waals surface area contributed by atoms with Crippen LogP contribution in [-0.2, 0) is 4.74 Å². The fourth-order valence-electron chi connectivity index (χ4n) is 1.23. The summed E-state index contributed by atoms with van der Waals surface area (Å²) in [5.74, 6) is 1.27. The van der Waals surface area contributed by atoms with E-state index >= 15 is 0 Å². The third kappa shape index (κ3) is 4.47. The Morgan fingerprint density at radius 3 is 2.82 bits per heavy atom. The lowest BCUT2D eigenvalue weighted by Crippen LogP contribution is -2.20. The molecule has 0 aliphatic rings. The van der Waals surface area contributed by atoms with Crippen LogP contribution in [0, 0.1) is 0 Å².